The molecule has 4 heteroatoms. The maximum absolute atomic E-state index is 6.27. The maximum Gasteiger partial charge on any atom is 0.0439 e. The molecule has 1 aromatic rings. The average Bonchev–Trinajstić information content (AvgIpc) is 2.48. The van der Waals surface area contributed by atoms with E-state index in [1.165, 1.54) is 25.7 Å². The summed E-state index contributed by atoms with van der Waals surface area (Å²) >= 11 is 12.3. The van der Waals surface area contributed by atoms with Crippen LogP contribution in [0.5, 0.6) is 0 Å². The molecule has 2 nitrogen and oxygen atoms in total. The van der Waals surface area contributed by atoms with Crippen molar-refractivity contribution in [2.75, 3.05) is 0 Å². The highest BCUT2D eigenvalue weighted by atomic mass is 35.5. The van der Waals surface area contributed by atoms with E-state index in [0.717, 1.165) is 33.9 Å². The van der Waals surface area contributed by atoms with Crippen molar-refractivity contribution >= 4 is 23.2 Å². The van der Waals surface area contributed by atoms with Crippen LogP contribution in [-0.2, 0) is 6.42 Å². The molecule has 2 rings (SSSR count). The molecule has 0 bridgehead atoms. The van der Waals surface area contributed by atoms with Gasteiger partial charge < -0.3 is 0 Å². The number of nitrogens with two attached hydrogens (primary N) is 1. The van der Waals surface area contributed by atoms with Crippen molar-refractivity contribution < 1.29 is 0 Å². The summed E-state index contributed by atoms with van der Waals surface area (Å²) in [7, 11) is 0. The number of hydrogen-bond donors (Lipinski definition) is 2. The van der Waals surface area contributed by atoms with Gasteiger partial charge in [0.1, 0.15) is 0 Å². The fourth-order valence-electron chi connectivity index (χ4n) is 3.51. The minimum Gasteiger partial charge on any atom is -0.271 e. The van der Waals surface area contributed by atoms with Gasteiger partial charge in [-0.1, -0.05) is 37.0 Å². The van der Waals surface area contributed by atoms with Crippen molar-refractivity contribution in [2.45, 2.75) is 52.0 Å². The molecular weight excluding hydrogens is 303 g/mol. The Morgan fingerprint density at radius 3 is 2.33 bits per heavy atom. The van der Waals surface area contributed by atoms with Gasteiger partial charge in [0.25, 0.3) is 0 Å². The van der Waals surface area contributed by atoms with Crippen LogP contribution in [0.2, 0.25) is 10.0 Å². The van der Waals surface area contributed by atoms with Gasteiger partial charge in [-0.05, 0) is 73.6 Å². The number of hydrogen-bond acceptors (Lipinski definition) is 2. The number of nitrogens with one attached hydrogen (secondary N) is 1. The highest BCUT2D eigenvalue weighted by Gasteiger charge is 2.28. The summed E-state index contributed by atoms with van der Waals surface area (Å²) < 4.78 is 0. The molecule has 1 saturated carbocycles. The van der Waals surface area contributed by atoms with Gasteiger partial charge in [-0.2, -0.15) is 0 Å². The van der Waals surface area contributed by atoms with Gasteiger partial charge in [0.15, 0.2) is 0 Å². The molecule has 118 valence electrons. The van der Waals surface area contributed by atoms with Gasteiger partial charge >= 0.3 is 0 Å². The summed E-state index contributed by atoms with van der Waals surface area (Å²) in [5.74, 6) is 8.09. The molecule has 1 aliphatic rings. The lowest BCUT2D eigenvalue weighted by atomic mass is 9.74. The van der Waals surface area contributed by atoms with E-state index in [0.29, 0.717) is 5.92 Å². The van der Waals surface area contributed by atoms with Crippen LogP contribution in [-0.4, -0.2) is 6.04 Å². The number of halogens is 2. The molecule has 1 fully saturated rings. The summed E-state index contributed by atoms with van der Waals surface area (Å²) in [6, 6.07) is 5.91. The van der Waals surface area contributed by atoms with Crippen LogP contribution in [0.15, 0.2) is 18.2 Å². The van der Waals surface area contributed by atoms with Gasteiger partial charge in [0.05, 0.1) is 0 Å². The van der Waals surface area contributed by atoms with Gasteiger partial charge in [0, 0.05) is 16.1 Å². The van der Waals surface area contributed by atoms with Crippen LogP contribution in [0.25, 0.3) is 0 Å². The molecule has 1 atom stereocenters. The molecule has 0 saturated heterocycles. The molecule has 0 aliphatic heterocycles. The molecular formula is C17H26Cl2N2. The van der Waals surface area contributed by atoms with E-state index >= 15 is 0 Å². The van der Waals surface area contributed by atoms with Crippen LogP contribution in [0, 0.1) is 17.8 Å². The molecule has 0 amide bonds. The standard InChI is InChI=1S/C17H26Cl2N2/c1-11(2)12-3-5-13(6-4-12)17(21-20)10-14-9-15(18)7-8-16(14)19/h7-9,11-13,17,21H,3-6,10,20H2,1-2H3. The van der Waals surface area contributed by atoms with E-state index in [1.807, 2.05) is 18.2 Å². The minimum absolute atomic E-state index is 0.272. The fraction of sp³-hybridized carbons (Fsp3) is 0.647. The summed E-state index contributed by atoms with van der Waals surface area (Å²) in [5, 5.41) is 1.50. The smallest absolute Gasteiger partial charge is 0.0439 e. The first kappa shape index (κ1) is 17.1. The van der Waals surface area contributed by atoms with Gasteiger partial charge in [-0.3, -0.25) is 11.3 Å². The molecule has 21 heavy (non-hydrogen) atoms. The van der Waals surface area contributed by atoms with Crippen molar-refractivity contribution in [3.05, 3.63) is 33.8 Å². The monoisotopic (exact) mass is 328 g/mol. The quantitative estimate of drug-likeness (QED) is 0.600. The summed E-state index contributed by atoms with van der Waals surface area (Å²) in [4.78, 5) is 0. The number of benzene rings is 1. The Morgan fingerprint density at radius 2 is 1.76 bits per heavy atom. The molecule has 0 aromatic heterocycles. The van der Waals surface area contributed by atoms with Gasteiger partial charge in [-0.15, -0.1) is 0 Å². The molecule has 1 unspecified atom stereocenters. The highest BCUT2D eigenvalue weighted by Crippen LogP contribution is 2.36. The SMILES string of the molecule is CC(C)C1CCC(C(Cc2cc(Cl)ccc2Cl)NN)CC1. The number of rotatable bonds is 5. The second-order valence-electron chi connectivity index (χ2n) is 6.63. The first-order chi connectivity index (χ1) is 10.0. The minimum atomic E-state index is 0.272. The van der Waals surface area contributed by atoms with E-state index in [1.54, 1.807) is 0 Å². The lowest BCUT2D eigenvalue weighted by Gasteiger charge is -2.35. The Bertz CT molecular complexity index is 454. The zero-order valence-electron chi connectivity index (χ0n) is 12.9. The lowest BCUT2D eigenvalue weighted by Crippen LogP contribution is -2.44. The van der Waals surface area contributed by atoms with Crippen LogP contribution in [0.4, 0.5) is 0 Å². The van der Waals surface area contributed by atoms with E-state index in [9.17, 15) is 0 Å². The van der Waals surface area contributed by atoms with E-state index in [4.69, 9.17) is 29.0 Å². The van der Waals surface area contributed by atoms with Crippen molar-refractivity contribution in [3.63, 3.8) is 0 Å². The molecule has 3 N–H and O–H groups in total. The second kappa shape index (κ2) is 7.82. The van der Waals surface area contributed by atoms with Crippen LogP contribution >= 0.6 is 23.2 Å². The lowest BCUT2D eigenvalue weighted by molar-refractivity contribution is 0.188. The molecule has 1 aliphatic carbocycles. The fourth-order valence-corrected chi connectivity index (χ4v) is 3.90. The van der Waals surface area contributed by atoms with Crippen molar-refractivity contribution in [3.8, 4) is 0 Å². The predicted molar refractivity (Wildman–Crippen MR) is 91.6 cm³/mol. The second-order valence-corrected chi connectivity index (χ2v) is 7.48. The normalized spacial score (nSPS) is 24.3. The first-order valence-electron chi connectivity index (χ1n) is 7.91. The third kappa shape index (κ3) is 4.59. The largest absolute Gasteiger partial charge is 0.271 e. The molecule has 1 aromatic carbocycles. The predicted octanol–water partition coefficient (Wildman–Crippen LogP) is 4.83. The zero-order chi connectivity index (χ0) is 15.4. The summed E-state index contributed by atoms with van der Waals surface area (Å²) in [5.41, 5.74) is 4.09. The van der Waals surface area contributed by atoms with E-state index in [-0.39, 0.29) is 6.04 Å². The topological polar surface area (TPSA) is 38.0 Å². The Kier molecular flexibility index (Phi) is 6.36. The Hall–Kier alpha value is -0.280. The Labute approximate surface area is 138 Å². The van der Waals surface area contributed by atoms with Crippen molar-refractivity contribution in [1.29, 1.82) is 0 Å². The van der Waals surface area contributed by atoms with Crippen LogP contribution in [0.3, 0.4) is 0 Å². The van der Waals surface area contributed by atoms with Crippen molar-refractivity contribution in [2.24, 2.45) is 23.6 Å². The number of hydrazine groups is 1. The molecule has 0 heterocycles. The van der Waals surface area contributed by atoms with Crippen molar-refractivity contribution in [1.82, 2.24) is 5.43 Å². The Morgan fingerprint density at radius 1 is 1.14 bits per heavy atom. The highest BCUT2D eigenvalue weighted by molar-refractivity contribution is 6.33. The molecule has 0 radical (unpaired) electrons. The van der Waals surface area contributed by atoms with Gasteiger partial charge in [-0.25, -0.2) is 0 Å². The average molecular weight is 329 g/mol. The first-order valence-corrected chi connectivity index (χ1v) is 8.67. The summed E-state index contributed by atoms with van der Waals surface area (Å²) in [6.45, 7) is 4.66. The molecule has 0 spiro atoms. The third-order valence-corrected chi connectivity index (χ3v) is 5.59. The third-order valence-electron chi connectivity index (χ3n) is 4.99. The Balaban J connectivity index is 1.99. The maximum atomic E-state index is 6.27. The van der Waals surface area contributed by atoms with Gasteiger partial charge in [0.2, 0.25) is 0 Å². The van der Waals surface area contributed by atoms with E-state index < -0.39 is 0 Å². The van der Waals surface area contributed by atoms with Crippen LogP contribution in [0.1, 0.15) is 45.1 Å². The van der Waals surface area contributed by atoms with Crippen LogP contribution < -0.4 is 11.3 Å². The zero-order valence-corrected chi connectivity index (χ0v) is 14.4. The summed E-state index contributed by atoms with van der Waals surface area (Å²) in [6.07, 6.45) is 5.95. The van der Waals surface area contributed by atoms with E-state index in [2.05, 4.69) is 19.3 Å².